The Balaban J connectivity index is 1.62. The first-order chi connectivity index (χ1) is 13.1. The highest BCUT2D eigenvalue weighted by Crippen LogP contribution is 2.13. The van der Waals surface area contributed by atoms with E-state index in [1.165, 1.54) is 18.6 Å². The number of hydrogen-bond donors (Lipinski definition) is 2. The Morgan fingerprint density at radius 3 is 2.37 bits per heavy atom. The molecule has 0 saturated heterocycles. The van der Waals surface area contributed by atoms with E-state index < -0.39 is 0 Å². The van der Waals surface area contributed by atoms with Gasteiger partial charge in [0.1, 0.15) is 0 Å². The first kappa shape index (κ1) is 18.3. The lowest BCUT2D eigenvalue weighted by Crippen LogP contribution is -2.17. The molecule has 27 heavy (non-hydrogen) atoms. The predicted octanol–water partition coefficient (Wildman–Crippen LogP) is 3.75. The molecular weight excluding hydrogens is 364 g/mol. The van der Waals surface area contributed by atoms with Crippen LogP contribution < -0.4 is 10.7 Å². The van der Waals surface area contributed by atoms with Crippen LogP contribution in [0.1, 0.15) is 26.3 Å². The summed E-state index contributed by atoms with van der Waals surface area (Å²) in [7, 11) is 0. The van der Waals surface area contributed by atoms with Gasteiger partial charge < -0.3 is 5.32 Å². The number of hydrogen-bond acceptors (Lipinski definition) is 4. The molecule has 0 spiro atoms. The topological polar surface area (TPSA) is 83.5 Å². The average Bonchev–Trinajstić information content (AvgIpc) is 2.69. The van der Waals surface area contributed by atoms with Crippen LogP contribution in [0.2, 0.25) is 5.02 Å². The summed E-state index contributed by atoms with van der Waals surface area (Å²) >= 11 is 5.83. The largest absolute Gasteiger partial charge is 0.322 e. The van der Waals surface area contributed by atoms with Crippen LogP contribution in [-0.4, -0.2) is 23.0 Å². The Kier molecular flexibility index (Phi) is 5.91. The van der Waals surface area contributed by atoms with E-state index in [0.717, 1.165) is 5.56 Å². The average molecular weight is 379 g/mol. The lowest BCUT2D eigenvalue weighted by molar-refractivity contribution is 0.0954. The zero-order valence-electron chi connectivity index (χ0n) is 14.1. The molecule has 0 radical (unpaired) electrons. The second-order valence-electron chi connectivity index (χ2n) is 5.52. The maximum absolute atomic E-state index is 12.2. The van der Waals surface area contributed by atoms with Crippen molar-refractivity contribution in [3.63, 3.8) is 0 Å². The molecule has 0 fully saturated rings. The lowest BCUT2D eigenvalue weighted by atomic mass is 10.2. The molecule has 2 amide bonds. The summed E-state index contributed by atoms with van der Waals surface area (Å²) in [5.74, 6) is -0.576. The van der Waals surface area contributed by atoms with Crippen LogP contribution in [0, 0.1) is 0 Å². The van der Waals surface area contributed by atoms with Crippen LogP contribution in [-0.2, 0) is 0 Å². The number of halogens is 1. The molecule has 0 aliphatic carbocycles. The molecule has 3 rings (SSSR count). The molecule has 0 atom stereocenters. The van der Waals surface area contributed by atoms with Crippen molar-refractivity contribution in [2.75, 3.05) is 5.32 Å². The van der Waals surface area contributed by atoms with Crippen molar-refractivity contribution in [2.24, 2.45) is 5.10 Å². The van der Waals surface area contributed by atoms with Gasteiger partial charge in [0.2, 0.25) is 0 Å². The van der Waals surface area contributed by atoms with E-state index in [1.807, 2.05) is 0 Å². The number of carbonyl (C=O) groups excluding carboxylic acids is 2. The molecule has 2 N–H and O–H groups in total. The molecule has 0 unspecified atom stereocenters. The summed E-state index contributed by atoms with van der Waals surface area (Å²) in [6.07, 6.45) is 4.56. The van der Waals surface area contributed by atoms with Crippen LogP contribution in [0.25, 0.3) is 0 Å². The van der Waals surface area contributed by atoms with E-state index in [1.54, 1.807) is 60.7 Å². The zero-order chi connectivity index (χ0) is 19.1. The number of nitrogens with zero attached hydrogens (tertiary/aromatic N) is 2. The van der Waals surface area contributed by atoms with Crippen LogP contribution in [0.15, 0.2) is 78.2 Å². The van der Waals surface area contributed by atoms with Crippen LogP contribution in [0.3, 0.4) is 0 Å². The summed E-state index contributed by atoms with van der Waals surface area (Å²) in [5, 5.41) is 7.31. The molecule has 1 aromatic heterocycles. The highest BCUT2D eigenvalue weighted by molar-refractivity contribution is 6.30. The van der Waals surface area contributed by atoms with Gasteiger partial charge in [-0.3, -0.25) is 14.6 Å². The molecule has 3 aromatic rings. The van der Waals surface area contributed by atoms with Gasteiger partial charge in [0.05, 0.1) is 6.21 Å². The number of carbonyl (C=O) groups is 2. The fourth-order valence-corrected chi connectivity index (χ4v) is 2.36. The van der Waals surface area contributed by atoms with Gasteiger partial charge in [-0.1, -0.05) is 23.7 Å². The number of aromatic nitrogens is 1. The molecule has 6 nitrogen and oxygen atoms in total. The fraction of sp³-hybridized carbons (Fsp3) is 0. The van der Waals surface area contributed by atoms with Crippen molar-refractivity contribution in [3.8, 4) is 0 Å². The SMILES string of the molecule is O=C(N/N=C/c1cccc(NC(=O)c2ccc(Cl)cc2)c1)c1ccncc1. The van der Waals surface area contributed by atoms with E-state index >= 15 is 0 Å². The normalized spacial score (nSPS) is 10.6. The van der Waals surface area contributed by atoms with Gasteiger partial charge in [-0.05, 0) is 54.1 Å². The van der Waals surface area contributed by atoms with E-state index in [4.69, 9.17) is 11.6 Å². The highest BCUT2D eigenvalue weighted by Gasteiger charge is 2.06. The zero-order valence-corrected chi connectivity index (χ0v) is 14.9. The van der Waals surface area contributed by atoms with Crippen molar-refractivity contribution in [2.45, 2.75) is 0 Å². The molecular formula is C20H15ClN4O2. The van der Waals surface area contributed by atoms with Gasteiger partial charge in [0.25, 0.3) is 11.8 Å². The quantitative estimate of drug-likeness (QED) is 0.524. The maximum Gasteiger partial charge on any atom is 0.271 e. The molecule has 0 bridgehead atoms. The third-order valence-corrected chi connectivity index (χ3v) is 3.83. The molecule has 0 saturated carbocycles. The molecule has 2 aromatic carbocycles. The van der Waals surface area contributed by atoms with Crippen molar-refractivity contribution in [1.82, 2.24) is 10.4 Å². The number of rotatable bonds is 5. The Morgan fingerprint density at radius 1 is 0.926 bits per heavy atom. The number of benzene rings is 2. The summed E-state index contributed by atoms with van der Waals surface area (Å²) in [6, 6.07) is 16.9. The van der Waals surface area contributed by atoms with Crippen molar-refractivity contribution in [3.05, 3.63) is 94.8 Å². The Hall–Kier alpha value is -3.51. The second-order valence-corrected chi connectivity index (χ2v) is 5.96. The van der Waals surface area contributed by atoms with Gasteiger partial charge in [0, 0.05) is 34.2 Å². The minimum Gasteiger partial charge on any atom is -0.322 e. The Morgan fingerprint density at radius 2 is 1.63 bits per heavy atom. The van der Waals surface area contributed by atoms with Crippen molar-refractivity contribution in [1.29, 1.82) is 0 Å². The standard InChI is InChI=1S/C20H15ClN4O2/c21-17-6-4-15(5-7-17)19(26)24-18-3-1-2-14(12-18)13-23-25-20(27)16-8-10-22-11-9-16/h1-13H,(H,24,26)(H,25,27)/b23-13+. The van der Waals surface area contributed by atoms with Crippen LogP contribution >= 0.6 is 11.6 Å². The molecule has 134 valence electrons. The van der Waals surface area contributed by atoms with E-state index in [2.05, 4.69) is 20.8 Å². The monoisotopic (exact) mass is 378 g/mol. The van der Waals surface area contributed by atoms with Crippen molar-refractivity contribution < 1.29 is 9.59 Å². The summed E-state index contributed by atoms with van der Waals surface area (Å²) in [5.41, 5.74) is 4.74. The third-order valence-electron chi connectivity index (χ3n) is 3.57. The van der Waals surface area contributed by atoms with Crippen LogP contribution in [0.5, 0.6) is 0 Å². The van der Waals surface area contributed by atoms with Gasteiger partial charge in [-0.2, -0.15) is 5.10 Å². The van der Waals surface area contributed by atoms with E-state index in [-0.39, 0.29) is 11.8 Å². The molecule has 7 heteroatoms. The lowest BCUT2D eigenvalue weighted by Gasteiger charge is -2.06. The minimum absolute atomic E-state index is 0.244. The number of hydrazone groups is 1. The second kappa shape index (κ2) is 8.73. The number of nitrogens with one attached hydrogen (secondary N) is 2. The molecule has 0 aliphatic rings. The number of anilines is 1. The van der Waals surface area contributed by atoms with Gasteiger partial charge in [-0.25, -0.2) is 5.43 Å². The van der Waals surface area contributed by atoms with E-state index in [0.29, 0.717) is 21.8 Å². The first-order valence-electron chi connectivity index (χ1n) is 8.02. The molecule has 1 heterocycles. The highest BCUT2D eigenvalue weighted by atomic mass is 35.5. The Labute approximate surface area is 160 Å². The van der Waals surface area contributed by atoms with Gasteiger partial charge >= 0.3 is 0 Å². The third kappa shape index (κ3) is 5.23. The van der Waals surface area contributed by atoms with Crippen LogP contribution in [0.4, 0.5) is 5.69 Å². The number of amides is 2. The summed E-state index contributed by atoms with van der Waals surface area (Å²) < 4.78 is 0. The van der Waals surface area contributed by atoms with Gasteiger partial charge in [0.15, 0.2) is 0 Å². The number of pyridine rings is 1. The van der Waals surface area contributed by atoms with E-state index in [9.17, 15) is 9.59 Å². The predicted molar refractivity (Wildman–Crippen MR) is 105 cm³/mol. The summed E-state index contributed by atoms with van der Waals surface area (Å²) in [6.45, 7) is 0. The van der Waals surface area contributed by atoms with Gasteiger partial charge in [-0.15, -0.1) is 0 Å². The smallest absolute Gasteiger partial charge is 0.271 e. The summed E-state index contributed by atoms with van der Waals surface area (Å²) in [4.78, 5) is 28.0. The fourth-order valence-electron chi connectivity index (χ4n) is 2.23. The maximum atomic E-state index is 12.2. The Bertz CT molecular complexity index is 973. The van der Waals surface area contributed by atoms with Crippen molar-refractivity contribution >= 4 is 35.3 Å². The molecule has 0 aliphatic heterocycles. The minimum atomic E-state index is -0.333. The first-order valence-corrected chi connectivity index (χ1v) is 8.40.